The van der Waals surface area contributed by atoms with Gasteiger partial charge in [-0.05, 0) is 42.7 Å². The van der Waals surface area contributed by atoms with Crippen molar-refractivity contribution in [3.05, 3.63) is 54.1 Å². The van der Waals surface area contributed by atoms with Crippen molar-refractivity contribution < 1.29 is 14.6 Å². The molecule has 0 radical (unpaired) electrons. The summed E-state index contributed by atoms with van der Waals surface area (Å²) in [6, 6.07) is 16.2. The average Bonchev–Trinajstić information content (AvgIpc) is 3.21. The molecule has 1 N–H and O–H groups in total. The van der Waals surface area contributed by atoms with Gasteiger partial charge in [0.2, 0.25) is 0 Å². The van der Waals surface area contributed by atoms with Crippen molar-refractivity contribution in [1.29, 1.82) is 0 Å². The molecule has 164 valence electrons. The Morgan fingerprint density at radius 1 is 1.13 bits per heavy atom. The van der Waals surface area contributed by atoms with E-state index in [1.807, 2.05) is 43.3 Å². The minimum atomic E-state index is -0.847. The molecule has 1 amide bonds. The molecule has 1 fully saturated rings. The van der Waals surface area contributed by atoms with E-state index >= 15 is 0 Å². The van der Waals surface area contributed by atoms with Gasteiger partial charge in [-0.25, -0.2) is 4.98 Å². The van der Waals surface area contributed by atoms with Crippen LogP contribution in [0.15, 0.2) is 48.5 Å². The maximum atomic E-state index is 12.2. The van der Waals surface area contributed by atoms with E-state index in [9.17, 15) is 9.90 Å². The number of benzene rings is 2. The molecule has 1 aliphatic rings. The number of aliphatic hydroxyl groups excluding tert-OH is 1. The van der Waals surface area contributed by atoms with E-state index in [0.29, 0.717) is 24.7 Å². The van der Waals surface area contributed by atoms with E-state index in [1.54, 1.807) is 16.2 Å². The second-order valence-electron chi connectivity index (χ2n) is 7.91. The zero-order valence-electron chi connectivity index (χ0n) is 17.9. The number of thiazole rings is 1. The first-order valence-corrected chi connectivity index (χ1v) is 11.8. The fraction of sp³-hybridized carbons (Fsp3) is 0.417. The van der Waals surface area contributed by atoms with Crippen molar-refractivity contribution in [3.63, 3.8) is 0 Å². The molecule has 1 unspecified atom stereocenters. The molecule has 0 saturated carbocycles. The lowest BCUT2D eigenvalue weighted by atomic mass is 10.1. The third-order valence-electron chi connectivity index (χ3n) is 5.65. The fourth-order valence-electron chi connectivity index (χ4n) is 3.81. The smallest absolute Gasteiger partial charge is 0.279 e. The summed E-state index contributed by atoms with van der Waals surface area (Å²) in [6.07, 6.45) is 1.46. The van der Waals surface area contributed by atoms with E-state index in [-0.39, 0.29) is 5.91 Å². The van der Waals surface area contributed by atoms with Gasteiger partial charge in [0.1, 0.15) is 11.9 Å². The predicted octanol–water partition coefficient (Wildman–Crippen LogP) is 3.94. The highest BCUT2D eigenvalue weighted by molar-refractivity contribution is 7.20. The number of hydrogen-bond donors (Lipinski definition) is 1. The van der Waals surface area contributed by atoms with Gasteiger partial charge in [-0.15, -0.1) is 0 Å². The number of carbonyl (C=O) groups is 1. The number of para-hydroxylation sites is 1. The number of aromatic nitrogens is 1. The monoisotopic (exact) mass is 439 g/mol. The van der Waals surface area contributed by atoms with E-state index in [0.717, 1.165) is 48.4 Å². The Kier molecular flexibility index (Phi) is 7.17. The van der Waals surface area contributed by atoms with Gasteiger partial charge in [0.15, 0.2) is 0 Å². The molecule has 1 aromatic heterocycles. The third kappa shape index (κ3) is 5.61. The summed E-state index contributed by atoms with van der Waals surface area (Å²) in [5.41, 5.74) is 2.22. The van der Waals surface area contributed by atoms with Crippen LogP contribution in [-0.2, 0) is 11.2 Å². The van der Waals surface area contributed by atoms with Crippen LogP contribution in [0.3, 0.4) is 0 Å². The molecule has 0 spiro atoms. The first-order valence-electron chi connectivity index (χ1n) is 10.9. The molecule has 2 heterocycles. The zero-order valence-corrected chi connectivity index (χ0v) is 18.7. The van der Waals surface area contributed by atoms with E-state index in [1.165, 1.54) is 5.56 Å². The number of fused-ring (bicyclic) bond motifs is 1. The summed E-state index contributed by atoms with van der Waals surface area (Å²) in [6.45, 7) is 6.02. The molecular weight excluding hydrogens is 410 g/mol. The van der Waals surface area contributed by atoms with Crippen LogP contribution in [0.2, 0.25) is 0 Å². The first kappa shape index (κ1) is 21.7. The van der Waals surface area contributed by atoms with Gasteiger partial charge in [0.25, 0.3) is 11.1 Å². The molecule has 0 aliphatic carbocycles. The van der Waals surface area contributed by atoms with Crippen LogP contribution < -0.4 is 4.74 Å². The Labute approximate surface area is 187 Å². The Morgan fingerprint density at radius 3 is 2.58 bits per heavy atom. The number of aliphatic hydroxyl groups is 1. The number of amides is 1. The lowest BCUT2D eigenvalue weighted by Crippen LogP contribution is -2.51. The summed E-state index contributed by atoms with van der Waals surface area (Å²) >= 11 is 1.55. The van der Waals surface area contributed by atoms with Crippen LogP contribution in [0.1, 0.15) is 25.3 Å². The van der Waals surface area contributed by atoms with Crippen LogP contribution in [0.5, 0.6) is 10.9 Å². The minimum Gasteiger partial charge on any atom is -0.431 e. The molecule has 1 aliphatic heterocycles. The molecule has 31 heavy (non-hydrogen) atoms. The van der Waals surface area contributed by atoms with Crippen molar-refractivity contribution in [2.75, 3.05) is 32.7 Å². The number of hydrogen-bond acceptors (Lipinski definition) is 6. The van der Waals surface area contributed by atoms with Crippen LogP contribution in [0, 0.1) is 0 Å². The molecule has 3 aromatic rings. The SMILES string of the molecule is CCCC(O)C(=O)N1CCN(CCc2ccc(Oc3nc4ccccc4s3)cc2)CC1. The van der Waals surface area contributed by atoms with Gasteiger partial charge < -0.3 is 14.7 Å². The molecule has 2 aromatic carbocycles. The van der Waals surface area contributed by atoms with Gasteiger partial charge in [-0.2, -0.15) is 0 Å². The summed E-state index contributed by atoms with van der Waals surface area (Å²) in [5.74, 6) is 0.672. The molecule has 6 nitrogen and oxygen atoms in total. The van der Waals surface area contributed by atoms with Gasteiger partial charge in [-0.1, -0.05) is 48.9 Å². The summed E-state index contributed by atoms with van der Waals surface area (Å²) in [7, 11) is 0. The van der Waals surface area contributed by atoms with Crippen molar-refractivity contribution >= 4 is 27.5 Å². The van der Waals surface area contributed by atoms with E-state index < -0.39 is 6.10 Å². The minimum absolute atomic E-state index is 0.120. The van der Waals surface area contributed by atoms with Crippen molar-refractivity contribution in [2.45, 2.75) is 32.3 Å². The van der Waals surface area contributed by atoms with Gasteiger partial charge in [0.05, 0.1) is 10.2 Å². The second-order valence-corrected chi connectivity index (χ2v) is 8.91. The summed E-state index contributed by atoms with van der Waals surface area (Å²) < 4.78 is 7.04. The van der Waals surface area contributed by atoms with Crippen LogP contribution in [-0.4, -0.2) is 64.6 Å². The van der Waals surface area contributed by atoms with Gasteiger partial charge >= 0.3 is 0 Å². The maximum absolute atomic E-state index is 12.2. The zero-order chi connectivity index (χ0) is 21.6. The molecule has 4 rings (SSSR count). The van der Waals surface area contributed by atoms with E-state index in [4.69, 9.17) is 4.74 Å². The van der Waals surface area contributed by atoms with Crippen LogP contribution in [0.4, 0.5) is 0 Å². The summed E-state index contributed by atoms with van der Waals surface area (Å²) in [5, 5.41) is 10.6. The number of rotatable bonds is 8. The third-order valence-corrected chi connectivity index (χ3v) is 6.56. The number of ether oxygens (including phenoxy) is 1. The van der Waals surface area contributed by atoms with E-state index in [2.05, 4.69) is 22.0 Å². The van der Waals surface area contributed by atoms with Crippen molar-refractivity contribution in [2.24, 2.45) is 0 Å². The number of nitrogens with zero attached hydrogens (tertiary/aromatic N) is 3. The Morgan fingerprint density at radius 2 is 1.87 bits per heavy atom. The Bertz CT molecular complexity index is 964. The fourth-order valence-corrected chi connectivity index (χ4v) is 4.64. The van der Waals surface area contributed by atoms with Crippen molar-refractivity contribution in [3.8, 4) is 10.9 Å². The Balaban J connectivity index is 1.23. The lowest BCUT2D eigenvalue weighted by molar-refractivity contribution is -0.142. The molecular formula is C24H29N3O3S. The molecule has 0 bridgehead atoms. The first-order chi connectivity index (χ1) is 15.1. The van der Waals surface area contributed by atoms with Gasteiger partial charge in [0, 0.05) is 32.7 Å². The molecule has 1 saturated heterocycles. The number of carbonyl (C=O) groups excluding carboxylic acids is 1. The standard InChI is InChI=1S/C24H29N3O3S/c1-2-5-21(28)23(29)27-16-14-26(15-17-27)13-12-18-8-10-19(11-9-18)30-24-25-20-6-3-4-7-22(20)31-24/h3-4,6-11,21,28H,2,5,12-17H2,1H3. The molecule has 1 atom stereocenters. The number of piperazine rings is 1. The van der Waals surface area contributed by atoms with Crippen molar-refractivity contribution in [1.82, 2.24) is 14.8 Å². The normalized spacial score (nSPS) is 15.9. The van der Waals surface area contributed by atoms with Gasteiger partial charge in [-0.3, -0.25) is 9.69 Å². The highest BCUT2D eigenvalue weighted by Crippen LogP contribution is 2.31. The maximum Gasteiger partial charge on any atom is 0.279 e. The highest BCUT2D eigenvalue weighted by Gasteiger charge is 2.25. The lowest BCUT2D eigenvalue weighted by Gasteiger charge is -2.35. The second kappa shape index (κ2) is 10.2. The topological polar surface area (TPSA) is 65.9 Å². The average molecular weight is 440 g/mol. The van der Waals surface area contributed by atoms with Crippen LogP contribution >= 0.6 is 11.3 Å². The molecule has 7 heteroatoms. The van der Waals surface area contributed by atoms with Crippen LogP contribution in [0.25, 0.3) is 10.2 Å². The Hall–Kier alpha value is -2.48. The highest BCUT2D eigenvalue weighted by atomic mass is 32.1. The quantitative estimate of drug-likeness (QED) is 0.576. The largest absolute Gasteiger partial charge is 0.431 e. The predicted molar refractivity (Wildman–Crippen MR) is 124 cm³/mol. The summed E-state index contributed by atoms with van der Waals surface area (Å²) in [4.78, 5) is 20.9.